The van der Waals surface area contributed by atoms with Gasteiger partial charge in [0.15, 0.2) is 0 Å². The molecule has 0 aromatic heterocycles. The van der Waals surface area contributed by atoms with E-state index in [1.807, 2.05) is 0 Å². The predicted molar refractivity (Wildman–Crippen MR) is 51.1 cm³/mol. The van der Waals surface area contributed by atoms with Crippen LogP contribution in [-0.4, -0.2) is 18.0 Å². The molecule has 0 radical (unpaired) electrons. The summed E-state index contributed by atoms with van der Waals surface area (Å²) < 4.78 is 0. The van der Waals surface area contributed by atoms with Crippen molar-refractivity contribution in [3.63, 3.8) is 0 Å². The Hall–Kier alpha value is -0.570. The van der Waals surface area contributed by atoms with Crippen molar-refractivity contribution < 1.29 is 4.79 Å². The molecule has 3 heteroatoms. The van der Waals surface area contributed by atoms with Gasteiger partial charge >= 0.3 is 0 Å². The fourth-order valence-electron chi connectivity index (χ4n) is 1.62. The van der Waals surface area contributed by atoms with Crippen molar-refractivity contribution >= 4 is 5.91 Å². The van der Waals surface area contributed by atoms with Gasteiger partial charge in [0.25, 0.3) is 0 Å². The van der Waals surface area contributed by atoms with Crippen LogP contribution in [0.1, 0.15) is 32.6 Å². The smallest absolute Gasteiger partial charge is 0.240 e. The van der Waals surface area contributed by atoms with Crippen LogP contribution in [-0.2, 0) is 4.79 Å². The van der Waals surface area contributed by atoms with Crippen molar-refractivity contribution in [3.05, 3.63) is 0 Å². The second kappa shape index (κ2) is 2.98. The fraction of sp³-hybridized carbons (Fsp3) is 0.900. The largest absolute Gasteiger partial charge is 0.354 e. The van der Waals surface area contributed by atoms with Crippen LogP contribution in [0.15, 0.2) is 0 Å². The number of carbonyl (C=O) groups excluding carboxylic acids is 1. The number of rotatable bonds is 4. The first-order chi connectivity index (χ1) is 6.12. The van der Waals surface area contributed by atoms with Gasteiger partial charge in [-0.05, 0) is 37.5 Å². The van der Waals surface area contributed by atoms with E-state index in [4.69, 9.17) is 5.73 Å². The molecule has 2 fully saturated rings. The summed E-state index contributed by atoms with van der Waals surface area (Å²) in [5, 5.41) is 2.94. The zero-order chi connectivity index (χ0) is 9.47. The molecule has 0 bridgehead atoms. The standard InChI is InChI=1S/C10H18N2O/c1-7(8-2-3-8)6-12-9(13)10(11)4-5-10/h7-8H,2-6,11H2,1H3,(H,12,13). The minimum Gasteiger partial charge on any atom is -0.354 e. The summed E-state index contributed by atoms with van der Waals surface area (Å²) in [6, 6.07) is 0. The second-order valence-corrected chi connectivity index (χ2v) is 4.68. The number of nitrogens with one attached hydrogen (secondary N) is 1. The molecular weight excluding hydrogens is 164 g/mol. The number of nitrogens with two attached hydrogens (primary N) is 1. The van der Waals surface area contributed by atoms with E-state index in [2.05, 4.69) is 12.2 Å². The van der Waals surface area contributed by atoms with Crippen LogP contribution in [0.3, 0.4) is 0 Å². The summed E-state index contributed by atoms with van der Waals surface area (Å²) in [5.41, 5.74) is 5.26. The van der Waals surface area contributed by atoms with Crippen LogP contribution in [0.2, 0.25) is 0 Å². The molecule has 1 unspecified atom stereocenters. The summed E-state index contributed by atoms with van der Waals surface area (Å²) in [5.74, 6) is 1.54. The van der Waals surface area contributed by atoms with E-state index in [-0.39, 0.29) is 5.91 Å². The molecule has 2 rings (SSSR count). The maximum atomic E-state index is 11.4. The van der Waals surface area contributed by atoms with Gasteiger partial charge in [-0.2, -0.15) is 0 Å². The van der Waals surface area contributed by atoms with Gasteiger partial charge in [-0.1, -0.05) is 6.92 Å². The van der Waals surface area contributed by atoms with Gasteiger partial charge in [0, 0.05) is 6.54 Å². The topological polar surface area (TPSA) is 55.1 Å². The molecule has 1 amide bonds. The lowest BCUT2D eigenvalue weighted by Crippen LogP contribution is -2.44. The Bertz CT molecular complexity index is 219. The van der Waals surface area contributed by atoms with Gasteiger partial charge in [0.2, 0.25) is 5.91 Å². The van der Waals surface area contributed by atoms with Gasteiger partial charge in [-0.3, -0.25) is 4.79 Å². The van der Waals surface area contributed by atoms with Crippen molar-refractivity contribution in [1.29, 1.82) is 0 Å². The molecule has 74 valence electrons. The molecule has 2 aliphatic carbocycles. The van der Waals surface area contributed by atoms with E-state index < -0.39 is 5.54 Å². The highest BCUT2D eigenvalue weighted by molar-refractivity contribution is 5.88. The summed E-state index contributed by atoms with van der Waals surface area (Å²) in [6.07, 6.45) is 4.39. The third-order valence-corrected chi connectivity index (χ3v) is 3.25. The molecule has 3 nitrogen and oxygen atoms in total. The Balaban J connectivity index is 1.69. The van der Waals surface area contributed by atoms with E-state index >= 15 is 0 Å². The summed E-state index contributed by atoms with van der Waals surface area (Å²) in [6.45, 7) is 3.01. The first-order valence-electron chi connectivity index (χ1n) is 5.19. The maximum absolute atomic E-state index is 11.4. The predicted octanol–water partition coefficient (Wildman–Crippen LogP) is 0.640. The Morgan fingerprint density at radius 1 is 1.62 bits per heavy atom. The van der Waals surface area contributed by atoms with E-state index in [1.165, 1.54) is 12.8 Å². The molecule has 0 aliphatic heterocycles. The first-order valence-corrected chi connectivity index (χ1v) is 5.19. The summed E-state index contributed by atoms with van der Waals surface area (Å²) in [7, 11) is 0. The number of hydrogen-bond acceptors (Lipinski definition) is 2. The molecule has 0 aromatic rings. The van der Waals surface area contributed by atoms with E-state index in [0.717, 1.165) is 25.3 Å². The maximum Gasteiger partial charge on any atom is 0.240 e. The quantitative estimate of drug-likeness (QED) is 0.670. The Morgan fingerprint density at radius 2 is 2.23 bits per heavy atom. The summed E-state index contributed by atoms with van der Waals surface area (Å²) in [4.78, 5) is 11.4. The van der Waals surface area contributed by atoms with Crippen molar-refractivity contribution in [2.45, 2.75) is 38.1 Å². The SMILES string of the molecule is CC(CNC(=O)C1(N)CC1)C1CC1. The lowest BCUT2D eigenvalue weighted by molar-refractivity contribution is -0.123. The van der Waals surface area contributed by atoms with E-state index in [1.54, 1.807) is 0 Å². The van der Waals surface area contributed by atoms with Crippen molar-refractivity contribution in [3.8, 4) is 0 Å². The monoisotopic (exact) mass is 182 g/mol. The average Bonchev–Trinajstić information content (AvgIpc) is 2.91. The zero-order valence-corrected chi connectivity index (χ0v) is 8.18. The normalized spacial score (nSPS) is 26.6. The van der Waals surface area contributed by atoms with Crippen LogP contribution >= 0.6 is 0 Å². The average molecular weight is 182 g/mol. The van der Waals surface area contributed by atoms with Crippen molar-refractivity contribution in [1.82, 2.24) is 5.32 Å². The van der Waals surface area contributed by atoms with Gasteiger partial charge in [-0.15, -0.1) is 0 Å². The lowest BCUT2D eigenvalue weighted by Gasteiger charge is -2.14. The summed E-state index contributed by atoms with van der Waals surface area (Å²) >= 11 is 0. The fourth-order valence-corrected chi connectivity index (χ4v) is 1.62. The van der Waals surface area contributed by atoms with Crippen LogP contribution in [0, 0.1) is 11.8 Å². The van der Waals surface area contributed by atoms with Crippen LogP contribution in [0.25, 0.3) is 0 Å². The molecule has 3 N–H and O–H groups in total. The van der Waals surface area contributed by atoms with E-state index in [0.29, 0.717) is 5.92 Å². The third-order valence-electron chi connectivity index (χ3n) is 3.25. The Kier molecular flexibility index (Phi) is 2.06. The highest BCUT2D eigenvalue weighted by Gasteiger charge is 2.45. The Labute approximate surface area is 79.1 Å². The molecule has 0 aromatic carbocycles. The number of carbonyl (C=O) groups is 1. The highest BCUT2D eigenvalue weighted by atomic mass is 16.2. The molecule has 1 atom stereocenters. The first kappa shape index (κ1) is 9.00. The van der Waals surface area contributed by atoms with Gasteiger partial charge in [-0.25, -0.2) is 0 Å². The van der Waals surface area contributed by atoms with Crippen LogP contribution in [0.5, 0.6) is 0 Å². The Morgan fingerprint density at radius 3 is 2.69 bits per heavy atom. The molecule has 13 heavy (non-hydrogen) atoms. The van der Waals surface area contributed by atoms with Crippen LogP contribution < -0.4 is 11.1 Å². The minimum atomic E-state index is -0.497. The minimum absolute atomic E-state index is 0.0556. The van der Waals surface area contributed by atoms with Gasteiger partial charge in [0.1, 0.15) is 0 Å². The van der Waals surface area contributed by atoms with Gasteiger partial charge in [0.05, 0.1) is 5.54 Å². The highest BCUT2D eigenvalue weighted by Crippen LogP contribution is 2.36. The number of hydrogen-bond donors (Lipinski definition) is 2. The van der Waals surface area contributed by atoms with Gasteiger partial charge < -0.3 is 11.1 Å². The molecular formula is C10H18N2O. The molecule has 0 spiro atoms. The molecule has 0 saturated heterocycles. The molecule has 0 heterocycles. The molecule has 2 saturated carbocycles. The molecule has 2 aliphatic rings. The zero-order valence-electron chi connectivity index (χ0n) is 8.18. The lowest BCUT2D eigenvalue weighted by atomic mass is 10.1. The van der Waals surface area contributed by atoms with Crippen molar-refractivity contribution in [2.75, 3.05) is 6.54 Å². The van der Waals surface area contributed by atoms with E-state index in [9.17, 15) is 4.79 Å². The number of amides is 1. The second-order valence-electron chi connectivity index (χ2n) is 4.68. The van der Waals surface area contributed by atoms with Crippen molar-refractivity contribution in [2.24, 2.45) is 17.6 Å². The third kappa shape index (κ3) is 2.02. The van der Waals surface area contributed by atoms with Crippen LogP contribution in [0.4, 0.5) is 0 Å².